The average Bonchev–Trinajstić information content (AvgIpc) is 2.23. The van der Waals surface area contributed by atoms with Gasteiger partial charge in [0.2, 0.25) is 0 Å². The third-order valence-electron chi connectivity index (χ3n) is 1.89. The molecule has 2 amide bonds. The number of nitrogens with two attached hydrogens (primary N) is 1. The molecule has 0 bridgehead atoms. The lowest BCUT2D eigenvalue weighted by atomic mass is 10.4. The van der Waals surface area contributed by atoms with Gasteiger partial charge in [-0.1, -0.05) is 0 Å². The highest BCUT2D eigenvalue weighted by molar-refractivity contribution is 7.90. The van der Waals surface area contributed by atoms with Crippen LogP contribution in [0.3, 0.4) is 0 Å². The first-order valence-corrected chi connectivity index (χ1v) is 6.72. The van der Waals surface area contributed by atoms with Crippen molar-refractivity contribution in [2.45, 2.75) is 4.90 Å². The molecule has 0 aliphatic rings. The molecule has 0 fully saturated rings. The van der Waals surface area contributed by atoms with Gasteiger partial charge in [-0.25, -0.2) is 18.2 Å². The van der Waals surface area contributed by atoms with Crippen LogP contribution in [-0.4, -0.2) is 38.8 Å². The molecule has 7 nitrogen and oxygen atoms in total. The quantitative estimate of drug-likeness (QED) is 0.620. The summed E-state index contributed by atoms with van der Waals surface area (Å²) in [6.07, 6.45) is 2.59. The summed E-state index contributed by atoms with van der Waals surface area (Å²) in [7, 11) is -3.32. The molecule has 0 saturated heterocycles. The number of aromatic nitrogens is 1. The number of carbonyl (C=O) groups is 1. The number of primary amides is 1. The number of nitrogens with one attached hydrogen (secondary N) is 2. The molecule has 8 heteroatoms. The van der Waals surface area contributed by atoms with Gasteiger partial charge in [-0.3, -0.25) is 0 Å². The Bertz CT molecular complexity index is 501. The van der Waals surface area contributed by atoms with Gasteiger partial charge in [0.25, 0.3) is 0 Å². The van der Waals surface area contributed by atoms with E-state index < -0.39 is 15.9 Å². The van der Waals surface area contributed by atoms with E-state index >= 15 is 0 Å². The van der Waals surface area contributed by atoms with Gasteiger partial charge in [0.1, 0.15) is 10.7 Å². The van der Waals surface area contributed by atoms with Crippen molar-refractivity contribution in [1.29, 1.82) is 0 Å². The smallest absolute Gasteiger partial charge is 0.312 e. The molecule has 1 aromatic rings. The number of hydrogen-bond acceptors (Lipinski definition) is 5. The van der Waals surface area contributed by atoms with Crippen LogP contribution >= 0.6 is 0 Å². The lowest BCUT2D eigenvalue weighted by Gasteiger charge is -2.09. The standard InChI is InChI=1S/C9H14N4O3S/c1-17(15,16)7-3-2-4-11-8(7)12-5-6-13-9(10)14/h2-4H,5-6H2,1H3,(H,11,12)(H3,10,13,14). The van der Waals surface area contributed by atoms with Gasteiger partial charge in [-0.2, -0.15) is 0 Å². The van der Waals surface area contributed by atoms with Crippen molar-refractivity contribution in [2.75, 3.05) is 24.7 Å². The van der Waals surface area contributed by atoms with Crippen molar-refractivity contribution >= 4 is 21.7 Å². The molecule has 4 N–H and O–H groups in total. The van der Waals surface area contributed by atoms with Crippen LogP contribution < -0.4 is 16.4 Å². The maximum absolute atomic E-state index is 11.4. The fourth-order valence-electron chi connectivity index (χ4n) is 1.19. The Labute approximate surface area is 99.3 Å². The molecule has 94 valence electrons. The fraction of sp³-hybridized carbons (Fsp3) is 0.333. The Morgan fingerprint density at radius 1 is 1.47 bits per heavy atom. The predicted octanol–water partition coefficient (Wildman–Crippen LogP) is -0.435. The average molecular weight is 258 g/mol. The molecule has 0 radical (unpaired) electrons. The Hall–Kier alpha value is -1.83. The van der Waals surface area contributed by atoms with Crippen molar-refractivity contribution in [3.63, 3.8) is 0 Å². The molecule has 0 saturated carbocycles. The number of urea groups is 1. The topological polar surface area (TPSA) is 114 Å². The van der Waals surface area contributed by atoms with Gasteiger partial charge in [0.05, 0.1) is 0 Å². The number of nitrogens with zero attached hydrogens (tertiary/aromatic N) is 1. The van der Waals surface area contributed by atoms with Crippen LogP contribution in [0.15, 0.2) is 23.2 Å². The lowest BCUT2D eigenvalue weighted by Crippen LogP contribution is -2.33. The number of pyridine rings is 1. The molecule has 0 spiro atoms. The highest BCUT2D eigenvalue weighted by atomic mass is 32.2. The highest BCUT2D eigenvalue weighted by Gasteiger charge is 2.13. The van der Waals surface area contributed by atoms with Crippen molar-refractivity contribution in [3.8, 4) is 0 Å². The first-order chi connectivity index (χ1) is 7.91. The molecule has 0 unspecified atom stereocenters. The van der Waals surface area contributed by atoms with Gasteiger partial charge in [0.15, 0.2) is 9.84 Å². The zero-order valence-electron chi connectivity index (χ0n) is 9.30. The van der Waals surface area contributed by atoms with E-state index in [9.17, 15) is 13.2 Å². The second-order valence-corrected chi connectivity index (χ2v) is 5.32. The van der Waals surface area contributed by atoms with E-state index in [-0.39, 0.29) is 17.3 Å². The summed E-state index contributed by atoms with van der Waals surface area (Å²) in [5.74, 6) is 0.265. The van der Waals surface area contributed by atoms with Crippen molar-refractivity contribution < 1.29 is 13.2 Å². The number of hydrogen-bond donors (Lipinski definition) is 3. The van der Waals surface area contributed by atoms with Crippen LogP contribution in [0, 0.1) is 0 Å². The summed E-state index contributed by atoms with van der Waals surface area (Å²) in [4.78, 5) is 14.5. The third kappa shape index (κ3) is 4.27. The second kappa shape index (κ2) is 5.48. The largest absolute Gasteiger partial charge is 0.367 e. The Kier molecular flexibility index (Phi) is 4.27. The van der Waals surface area contributed by atoms with Crippen LogP contribution in [0.1, 0.15) is 0 Å². The van der Waals surface area contributed by atoms with Crippen molar-refractivity contribution in [1.82, 2.24) is 10.3 Å². The first kappa shape index (κ1) is 13.2. The molecule has 0 aromatic carbocycles. The highest BCUT2D eigenvalue weighted by Crippen LogP contribution is 2.16. The zero-order valence-corrected chi connectivity index (χ0v) is 10.1. The molecule has 0 atom stereocenters. The summed E-state index contributed by atoms with van der Waals surface area (Å²) >= 11 is 0. The fourth-order valence-corrected chi connectivity index (χ4v) is 1.99. The Balaban J connectivity index is 2.68. The second-order valence-electron chi connectivity index (χ2n) is 3.34. The maximum Gasteiger partial charge on any atom is 0.312 e. The molecular weight excluding hydrogens is 244 g/mol. The molecule has 1 heterocycles. The lowest BCUT2D eigenvalue weighted by molar-refractivity contribution is 0.249. The summed E-state index contributed by atoms with van der Waals surface area (Å²) < 4.78 is 22.8. The van der Waals surface area contributed by atoms with Crippen LogP contribution in [0.2, 0.25) is 0 Å². The number of anilines is 1. The van der Waals surface area contributed by atoms with E-state index in [2.05, 4.69) is 15.6 Å². The van der Waals surface area contributed by atoms with Gasteiger partial charge >= 0.3 is 6.03 Å². The molecule has 0 aliphatic carbocycles. The number of rotatable bonds is 5. The van der Waals surface area contributed by atoms with Crippen LogP contribution in [0.4, 0.5) is 10.6 Å². The summed E-state index contributed by atoms with van der Waals surface area (Å²) in [6, 6.07) is 2.38. The molecule has 0 aliphatic heterocycles. The summed E-state index contributed by atoms with van der Waals surface area (Å²) in [5.41, 5.74) is 4.88. The Morgan fingerprint density at radius 3 is 2.76 bits per heavy atom. The van der Waals surface area contributed by atoms with Crippen LogP contribution in [0.5, 0.6) is 0 Å². The number of carbonyl (C=O) groups excluding carboxylic acids is 1. The normalized spacial score (nSPS) is 10.9. The molecule has 17 heavy (non-hydrogen) atoms. The van der Waals surface area contributed by atoms with Gasteiger partial charge < -0.3 is 16.4 Å². The Morgan fingerprint density at radius 2 is 2.18 bits per heavy atom. The number of sulfone groups is 1. The predicted molar refractivity (Wildman–Crippen MR) is 63.4 cm³/mol. The van der Waals surface area contributed by atoms with Crippen molar-refractivity contribution in [2.24, 2.45) is 5.73 Å². The maximum atomic E-state index is 11.4. The SMILES string of the molecule is CS(=O)(=O)c1cccnc1NCCNC(N)=O. The minimum atomic E-state index is -3.32. The van der Waals surface area contributed by atoms with E-state index in [0.717, 1.165) is 6.26 Å². The minimum absolute atomic E-state index is 0.124. The van der Waals surface area contributed by atoms with Crippen molar-refractivity contribution in [3.05, 3.63) is 18.3 Å². The minimum Gasteiger partial charge on any atom is -0.367 e. The van der Waals surface area contributed by atoms with E-state index in [1.54, 1.807) is 6.07 Å². The molecule has 1 aromatic heterocycles. The third-order valence-corrected chi connectivity index (χ3v) is 3.02. The van der Waals surface area contributed by atoms with Gasteiger partial charge in [0, 0.05) is 25.5 Å². The van der Waals surface area contributed by atoms with E-state index in [1.165, 1.54) is 12.3 Å². The van der Waals surface area contributed by atoms with Crippen LogP contribution in [0.25, 0.3) is 0 Å². The zero-order chi connectivity index (χ0) is 12.9. The number of amides is 2. The van der Waals surface area contributed by atoms with Gasteiger partial charge in [-0.15, -0.1) is 0 Å². The van der Waals surface area contributed by atoms with Gasteiger partial charge in [-0.05, 0) is 12.1 Å². The first-order valence-electron chi connectivity index (χ1n) is 4.83. The monoisotopic (exact) mass is 258 g/mol. The molecule has 1 rings (SSSR count). The molecular formula is C9H14N4O3S. The van der Waals surface area contributed by atoms with E-state index in [1.807, 2.05) is 0 Å². The summed E-state index contributed by atoms with van der Waals surface area (Å²) in [6.45, 7) is 0.623. The van der Waals surface area contributed by atoms with E-state index in [0.29, 0.717) is 6.54 Å². The van der Waals surface area contributed by atoms with E-state index in [4.69, 9.17) is 5.73 Å². The van der Waals surface area contributed by atoms with Crippen LogP contribution in [-0.2, 0) is 9.84 Å². The summed E-state index contributed by atoms with van der Waals surface area (Å²) in [5, 5.41) is 5.19.